The maximum Gasteiger partial charge on any atom is 0.288 e. The van der Waals surface area contributed by atoms with Crippen LogP contribution >= 0.6 is 0 Å². The molecule has 0 radical (unpaired) electrons. The van der Waals surface area contributed by atoms with Gasteiger partial charge in [-0.05, 0) is 89.2 Å². The Kier molecular flexibility index (Phi) is 7.16. The van der Waals surface area contributed by atoms with Gasteiger partial charge in [-0.3, -0.25) is 4.79 Å². The summed E-state index contributed by atoms with van der Waals surface area (Å²) in [6.45, 7) is 5.12. The van der Waals surface area contributed by atoms with Gasteiger partial charge in [-0.1, -0.05) is 110 Å². The molecule has 0 amide bonds. The zero-order valence-corrected chi connectivity index (χ0v) is 26.0. The first kappa shape index (κ1) is 28.0. The fourth-order valence-electron chi connectivity index (χ4n) is 10.1. The number of hydrogen-bond acceptors (Lipinski definition) is 3. The van der Waals surface area contributed by atoms with Crippen LogP contribution in [0.3, 0.4) is 0 Å². The van der Waals surface area contributed by atoms with Gasteiger partial charge >= 0.3 is 0 Å². The Hall–Kier alpha value is -2.79. The number of aliphatic hydroxyl groups excluding tert-OH is 1. The Morgan fingerprint density at radius 3 is 1.93 bits per heavy atom. The molecule has 42 heavy (non-hydrogen) atoms. The number of hydrogen-bond donors (Lipinski definition) is 1. The number of benzene rings is 3. The van der Waals surface area contributed by atoms with Gasteiger partial charge in [-0.25, -0.2) is 0 Å². The van der Waals surface area contributed by atoms with Crippen molar-refractivity contribution in [2.75, 3.05) is 6.61 Å². The first-order chi connectivity index (χ1) is 20.4. The van der Waals surface area contributed by atoms with E-state index in [1.54, 1.807) is 0 Å². The molecule has 7 atom stereocenters. The lowest BCUT2D eigenvalue weighted by Gasteiger charge is -2.60. The van der Waals surface area contributed by atoms with E-state index in [0.717, 1.165) is 32.1 Å². The molecule has 3 saturated carbocycles. The van der Waals surface area contributed by atoms with E-state index in [9.17, 15) is 9.90 Å². The topological polar surface area (TPSA) is 46.5 Å². The van der Waals surface area contributed by atoms with Gasteiger partial charge in [0.25, 0.3) is 8.32 Å². The van der Waals surface area contributed by atoms with Crippen LogP contribution in [-0.2, 0) is 9.22 Å². The fraction of sp³-hybridized carbons (Fsp3) is 0.447. The standard InChI is InChI=1S/C38H44O3Si/c1-27-24-28-25-29(40)20-23-38(28,26-39)34-21-22-37(2)33(36(27)34)18-19-35(37)41-42(30-12-6-3-7-13-30,31-14-8-4-9-15-31)32-16-10-5-11-17-32/h3-17,25,27,33-36,39H,18-24,26H2,1-2H3/t27?,33-,34+,35?,36-,37-,38+/m0/s1. The van der Waals surface area contributed by atoms with Crippen LogP contribution in [0.5, 0.6) is 0 Å². The van der Waals surface area contributed by atoms with Crippen molar-refractivity contribution in [2.24, 2.45) is 34.5 Å². The zero-order chi connectivity index (χ0) is 29.0. The van der Waals surface area contributed by atoms with Crippen LogP contribution in [0.4, 0.5) is 0 Å². The molecule has 1 N–H and O–H groups in total. The van der Waals surface area contributed by atoms with E-state index in [0.29, 0.717) is 30.1 Å². The van der Waals surface area contributed by atoms with Crippen LogP contribution in [0.2, 0.25) is 0 Å². The van der Waals surface area contributed by atoms with Gasteiger partial charge in [0.2, 0.25) is 0 Å². The third-order valence-electron chi connectivity index (χ3n) is 12.1. The van der Waals surface area contributed by atoms with E-state index < -0.39 is 8.32 Å². The van der Waals surface area contributed by atoms with Crippen molar-refractivity contribution in [1.29, 1.82) is 0 Å². The lowest BCUT2D eigenvalue weighted by Crippen LogP contribution is -2.71. The molecule has 3 nitrogen and oxygen atoms in total. The number of ketones is 1. The summed E-state index contributed by atoms with van der Waals surface area (Å²) in [4.78, 5) is 12.4. The van der Waals surface area contributed by atoms with Crippen LogP contribution in [0.15, 0.2) is 103 Å². The van der Waals surface area contributed by atoms with Crippen molar-refractivity contribution in [3.8, 4) is 0 Å². The Bertz CT molecular complexity index is 1360. The molecule has 0 heterocycles. The molecule has 3 aromatic carbocycles. The Labute approximate surface area is 252 Å². The van der Waals surface area contributed by atoms with Crippen LogP contribution in [0.1, 0.15) is 58.8 Å². The SMILES string of the molecule is CC1CC2=CC(=O)CC[C@]2(CO)[C@@H]2CC[C@]3(C)C(O[Si](c4ccccc4)(c4ccccc4)c4ccccc4)CC[C@H]3[C@H]12. The molecule has 7 rings (SSSR count). The van der Waals surface area contributed by atoms with E-state index >= 15 is 0 Å². The van der Waals surface area contributed by atoms with E-state index in [4.69, 9.17) is 4.43 Å². The average Bonchev–Trinajstić information content (AvgIpc) is 3.36. The summed E-state index contributed by atoms with van der Waals surface area (Å²) in [7, 11) is -2.82. The maximum atomic E-state index is 12.4. The van der Waals surface area contributed by atoms with Gasteiger partial charge in [0.15, 0.2) is 5.78 Å². The van der Waals surface area contributed by atoms with Gasteiger partial charge < -0.3 is 9.53 Å². The molecule has 0 spiro atoms. The van der Waals surface area contributed by atoms with Crippen molar-refractivity contribution in [1.82, 2.24) is 0 Å². The maximum absolute atomic E-state index is 12.4. The van der Waals surface area contributed by atoms with Crippen LogP contribution in [0.25, 0.3) is 0 Å². The minimum absolute atomic E-state index is 0.0777. The summed E-state index contributed by atoms with van der Waals surface area (Å²) in [5.41, 5.74) is 1.11. The van der Waals surface area contributed by atoms with Crippen LogP contribution in [-0.4, -0.2) is 31.9 Å². The number of carbonyl (C=O) groups excluding carboxylic acids is 1. The zero-order valence-electron chi connectivity index (χ0n) is 25.0. The molecule has 3 fully saturated rings. The molecule has 4 heteroatoms. The molecule has 0 aliphatic heterocycles. The first-order valence-corrected chi connectivity index (χ1v) is 18.0. The summed E-state index contributed by atoms with van der Waals surface area (Å²) in [6.07, 6.45) is 8.89. The average molecular weight is 577 g/mol. The molecule has 2 unspecified atom stereocenters. The van der Waals surface area contributed by atoms with E-state index in [1.807, 2.05) is 6.08 Å². The number of rotatable bonds is 6. The molecular formula is C38H44O3Si. The summed E-state index contributed by atoms with van der Waals surface area (Å²) in [5, 5.41) is 14.8. The lowest BCUT2D eigenvalue weighted by molar-refractivity contribution is -0.123. The highest BCUT2D eigenvalue weighted by Crippen LogP contribution is 2.67. The van der Waals surface area contributed by atoms with Crippen molar-refractivity contribution in [3.63, 3.8) is 0 Å². The minimum Gasteiger partial charge on any atom is -0.401 e. The predicted octanol–water partition coefficient (Wildman–Crippen LogP) is 5.79. The number of aliphatic hydroxyl groups is 1. The summed E-state index contributed by atoms with van der Waals surface area (Å²) in [5.74, 6) is 2.32. The molecule has 0 saturated heterocycles. The lowest BCUT2D eigenvalue weighted by atomic mass is 9.45. The van der Waals surface area contributed by atoms with Crippen LogP contribution < -0.4 is 15.6 Å². The highest BCUT2D eigenvalue weighted by atomic mass is 28.4. The van der Waals surface area contributed by atoms with Gasteiger partial charge in [-0.2, -0.15) is 0 Å². The fourth-order valence-corrected chi connectivity index (χ4v) is 14.3. The van der Waals surface area contributed by atoms with Crippen molar-refractivity contribution in [2.45, 2.75) is 64.9 Å². The first-order valence-electron chi connectivity index (χ1n) is 16.1. The number of fused-ring (bicyclic) bond motifs is 5. The molecule has 0 aromatic heterocycles. The minimum atomic E-state index is -2.82. The monoisotopic (exact) mass is 576 g/mol. The Morgan fingerprint density at radius 1 is 0.810 bits per heavy atom. The van der Waals surface area contributed by atoms with Crippen molar-refractivity contribution in [3.05, 3.63) is 103 Å². The second kappa shape index (κ2) is 10.7. The normalized spacial score (nSPS) is 34.2. The third-order valence-corrected chi connectivity index (χ3v) is 16.2. The second-order valence-electron chi connectivity index (χ2n) is 13.9. The van der Waals surface area contributed by atoms with Gasteiger partial charge in [0.05, 0.1) is 12.7 Å². The van der Waals surface area contributed by atoms with Crippen molar-refractivity contribution < 1.29 is 14.3 Å². The predicted molar refractivity (Wildman–Crippen MR) is 172 cm³/mol. The Balaban J connectivity index is 1.30. The summed E-state index contributed by atoms with van der Waals surface area (Å²) < 4.78 is 7.85. The van der Waals surface area contributed by atoms with E-state index in [2.05, 4.69) is 105 Å². The molecule has 0 bridgehead atoms. The second-order valence-corrected chi connectivity index (χ2v) is 17.3. The largest absolute Gasteiger partial charge is 0.401 e. The summed E-state index contributed by atoms with van der Waals surface area (Å²) >= 11 is 0. The van der Waals surface area contributed by atoms with E-state index in [1.165, 1.54) is 27.6 Å². The van der Waals surface area contributed by atoms with Gasteiger partial charge in [0.1, 0.15) is 0 Å². The molecule has 4 aliphatic carbocycles. The molecule has 3 aromatic rings. The van der Waals surface area contributed by atoms with Crippen molar-refractivity contribution >= 4 is 29.7 Å². The number of carbonyl (C=O) groups is 1. The molecule has 218 valence electrons. The quantitative estimate of drug-likeness (QED) is 0.299. The highest BCUT2D eigenvalue weighted by Gasteiger charge is 2.63. The summed E-state index contributed by atoms with van der Waals surface area (Å²) in [6, 6.07) is 33.0. The highest BCUT2D eigenvalue weighted by molar-refractivity contribution is 7.07. The van der Waals surface area contributed by atoms with E-state index in [-0.39, 0.29) is 29.3 Å². The third kappa shape index (κ3) is 4.17. The Morgan fingerprint density at radius 2 is 1.38 bits per heavy atom. The van der Waals surface area contributed by atoms with Crippen LogP contribution in [0, 0.1) is 34.5 Å². The molecular weight excluding hydrogens is 533 g/mol. The van der Waals surface area contributed by atoms with Gasteiger partial charge in [-0.15, -0.1) is 0 Å². The smallest absolute Gasteiger partial charge is 0.288 e. The molecule has 4 aliphatic rings. The van der Waals surface area contributed by atoms with Gasteiger partial charge in [0, 0.05) is 11.8 Å².